The fraction of sp³-hybridized carbons (Fsp3) is 0.381. The number of pyridine rings is 1. The number of esters is 1. The van der Waals surface area contributed by atoms with E-state index in [1.165, 1.54) is 31.2 Å². The van der Waals surface area contributed by atoms with Crippen LogP contribution >= 0.6 is 23.2 Å². The number of hydrogen-bond donors (Lipinski definition) is 1. The summed E-state index contributed by atoms with van der Waals surface area (Å²) in [5.41, 5.74) is -0.431. The van der Waals surface area contributed by atoms with E-state index in [0.717, 1.165) is 12.3 Å². The van der Waals surface area contributed by atoms with Gasteiger partial charge in [-0.2, -0.15) is 13.2 Å². The van der Waals surface area contributed by atoms with E-state index in [-0.39, 0.29) is 0 Å². The fourth-order valence-corrected chi connectivity index (χ4v) is 3.81. The highest BCUT2D eigenvalue weighted by atomic mass is 35.5. The number of ether oxygens (including phenoxy) is 1. The molecule has 0 saturated carbocycles. The quantitative estimate of drug-likeness (QED) is 0.584. The van der Waals surface area contributed by atoms with E-state index in [1.54, 1.807) is 0 Å². The Balaban J connectivity index is 1.50. The Labute approximate surface area is 192 Å². The van der Waals surface area contributed by atoms with Crippen LogP contribution in [0.15, 0.2) is 36.5 Å². The molecule has 1 atom stereocenters. The summed E-state index contributed by atoms with van der Waals surface area (Å²) >= 11 is 11.8. The Bertz CT molecular complexity index is 958. The van der Waals surface area contributed by atoms with E-state index in [4.69, 9.17) is 27.9 Å². The van der Waals surface area contributed by atoms with Crippen LogP contribution in [0.3, 0.4) is 0 Å². The van der Waals surface area contributed by atoms with Crippen molar-refractivity contribution in [3.8, 4) is 0 Å². The summed E-state index contributed by atoms with van der Waals surface area (Å²) in [6, 6.07) is 6.86. The van der Waals surface area contributed by atoms with Gasteiger partial charge in [0.05, 0.1) is 11.5 Å². The lowest BCUT2D eigenvalue weighted by Crippen LogP contribution is -2.39. The minimum atomic E-state index is -4.44. The maximum absolute atomic E-state index is 12.7. The highest BCUT2D eigenvalue weighted by Crippen LogP contribution is 2.30. The number of piperidine rings is 1. The zero-order valence-corrected chi connectivity index (χ0v) is 18.5. The molecule has 0 aliphatic carbocycles. The molecule has 1 aliphatic heterocycles. The first-order chi connectivity index (χ1) is 15.0. The van der Waals surface area contributed by atoms with Crippen molar-refractivity contribution in [3.05, 3.63) is 52.1 Å². The first-order valence-electron chi connectivity index (χ1n) is 9.78. The SMILES string of the molecule is C[C@H](OC(=O)C1CCN(c2ccc(C(F)(F)F)cn2)CC1)C(=O)Nc1cc(Cl)cc(Cl)c1. The lowest BCUT2D eigenvalue weighted by atomic mass is 9.97. The number of carbonyl (C=O) groups is 2. The van der Waals surface area contributed by atoms with Crippen molar-refractivity contribution < 1.29 is 27.5 Å². The second-order valence-electron chi connectivity index (χ2n) is 7.39. The van der Waals surface area contributed by atoms with Crippen LogP contribution in [0.25, 0.3) is 0 Å². The molecule has 1 aromatic carbocycles. The number of nitrogens with zero attached hydrogens (tertiary/aromatic N) is 2. The van der Waals surface area contributed by atoms with Crippen LogP contribution in [0.2, 0.25) is 10.0 Å². The highest BCUT2D eigenvalue weighted by Gasteiger charge is 2.32. The highest BCUT2D eigenvalue weighted by molar-refractivity contribution is 6.35. The van der Waals surface area contributed by atoms with Crippen LogP contribution < -0.4 is 10.2 Å². The molecule has 11 heteroatoms. The van der Waals surface area contributed by atoms with Gasteiger partial charge < -0.3 is 15.0 Å². The Kier molecular flexibility index (Phi) is 7.51. The van der Waals surface area contributed by atoms with Gasteiger partial charge in [0.15, 0.2) is 6.10 Å². The van der Waals surface area contributed by atoms with Gasteiger partial charge in [-0.15, -0.1) is 0 Å². The van der Waals surface area contributed by atoms with Gasteiger partial charge in [0.1, 0.15) is 5.82 Å². The molecule has 1 aromatic heterocycles. The van der Waals surface area contributed by atoms with E-state index in [1.807, 2.05) is 4.90 Å². The van der Waals surface area contributed by atoms with Crippen molar-refractivity contribution in [3.63, 3.8) is 0 Å². The maximum Gasteiger partial charge on any atom is 0.417 e. The molecule has 2 heterocycles. The molecule has 0 bridgehead atoms. The molecule has 32 heavy (non-hydrogen) atoms. The molecule has 3 rings (SSSR count). The minimum Gasteiger partial charge on any atom is -0.452 e. The molecule has 172 valence electrons. The average Bonchev–Trinajstić information content (AvgIpc) is 2.72. The molecule has 1 aliphatic rings. The first kappa shape index (κ1) is 24.1. The molecule has 1 saturated heterocycles. The van der Waals surface area contributed by atoms with Crippen LogP contribution in [-0.4, -0.2) is 36.1 Å². The Morgan fingerprint density at radius 2 is 1.78 bits per heavy atom. The summed E-state index contributed by atoms with van der Waals surface area (Å²) in [5.74, 6) is -1.03. The molecule has 6 nitrogen and oxygen atoms in total. The van der Waals surface area contributed by atoms with Gasteiger partial charge in [-0.1, -0.05) is 23.2 Å². The van der Waals surface area contributed by atoms with E-state index in [0.29, 0.717) is 47.5 Å². The molecule has 0 unspecified atom stereocenters. The van der Waals surface area contributed by atoms with Gasteiger partial charge in [0, 0.05) is 35.0 Å². The van der Waals surface area contributed by atoms with Crippen molar-refractivity contribution in [1.29, 1.82) is 0 Å². The van der Waals surface area contributed by atoms with E-state index in [9.17, 15) is 22.8 Å². The van der Waals surface area contributed by atoms with Gasteiger partial charge in [-0.05, 0) is 50.1 Å². The summed E-state index contributed by atoms with van der Waals surface area (Å²) in [4.78, 5) is 30.5. The number of alkyl halides is 3. The van der Waals surface area contributed by atoms with Crippen LogP contribution in [-0.2, 0) is 20.5 Å². The number of halogens is 5. The third-order valence-electron chi connectivity index (χ3n) is 5.02. The molecule has 0 spiro atoms. The predicted octanol–water partition coefficient (Wildman–Crippen LogP) is 5.19. The largest absolute Gasteiger partial charge is 0.452 e. The number of anilines is 2. The number of hydrogen-bond acceptors (Lipinski definition) is 5. The van der Waals surface area contributed by atoms with Crippen LogP contribution in [0, 0.1) is 5.92 Å². The Hall–Kier alpha value is -2.52. The van der Waals surface area contributed by atoms with Crippen molar-refractivity contribution in [1.82, 2.24) is 4.98 Å². The summed E-state index contributed by atoms with van der Waals surface area (Å²) in [7, 11) is 0. The first-order valence-corrected chi connectivity index (χ1v) is 10.5. The Morgan fingerprint density at radius 1 is 1.16 bits per heavy atom. The number of carbonyl (C=O) groups excluding carboxylic acids is 2. The molecule has 2 aromatic rings. The van der Waals surface area contributed by atoms with Crippen molar-refractivity contribution in [2.24, 2.45) is 5.92 Å². The topological polar surface area (TPSA) is 71.5 Å². The number of rotatable bonds is 5. The van der Waals surface area contributed by atoms with E-state index < -0.39 is 35.6 Å². The summed E-state index contributed by atoms with van der Waals surface area (Å²) in [6.45, 7) is 2.32. The zero-order chi connectivity index (χ0) is 23.5. The fourth-order valence-electron chi connectivity index (χ4n) is 3.28. The summed E-state index contributed by atoms with van der Waals surface area (Å²) in [6.07, 6.45) is -3.82. The lowest BCUT2D eigenvalue weighted by molar-refractivity contribution is -0.158. The van der Waals surface area contributed by atoms with Gasteiger partial charge in [-0.3, -0.25) is 9.59 Å². The van der Waals surface area contributed by atoms with Crippen LogP contribution in [0.4, 0.5) is 24.7 Å². The van der Waals surface area contributed by atoms with Gasteiger partial charge in [0.2, 0.25) is 0 Å². The summed E-state index contributed by atoms with van der Waals surface area (Å²) in [5, 5.41) is 3.30. The second kappa shape index (κ2) is 9.95. The zero-order valence-electron chi connectivity index (χ0n) is 17.0. The van der Waals surface area contributed by atoms with Crippen molar-refractivity contribution in [2.75, 3.05) is 23.3 Å². The molecule has 0 radical (unpaired) electrons. The average molecular weight is 490 g/mol. The number of amides is 1. The standard InChI is InChI=1S/C21H20Cl2F3N3O3/c1-12(19(30)28-17-9-15(22)8-16(23)10-17)32-20(31)13-4-6-29(7-5-13)18-3-2-14(11-27-18)21(24,25)26/h2-3,8-13H,4-7H2,1H3,(H,28,30)/t12-/m0/s1. The smallest absolute Gasteiger partial charge is 0.417 e. The van der Waals surface area contributed by atoms with Crippen LogP contribution in [0.5, 0.6) is 0 Å². The third-order valence-corrected chi connectivity index (χ3v) is 5.46. The van der Waals surface area contributed by atoms with Crippen molar-refractivity contribution in [2.45, 2.75) is 32.0 Å². The van der Waals surface area contributed by atoms with Crippen LogP contribution in [0.1, 0.15) is 25.3 Å². The third kappa shape index (κ3) is 6.26. The number of aromatic nitrogens is 1. The van der Waals surface area contributed by atoms with Gasteiger partial charge in [-0.25, -0.2) is 4.98 Å². The molecular formula is C21H20Cl2F3N3O3. The van der Waals surface area contributed by atoms with Crippen molar-refractivity contribution >= 4 is 46.6 Å². The predicted molar refractivity (Wildman–Crippen MR) is 115 cm³/mol. The normalized spacial score (nSPS) is 15.9. The van der Waals surface area contributed by atoms with Gasteiger partial charge >= 0.3 is 12.1 Å². The lowest BCUT2D eigenvalue weighted by Gasteiger charge is -2.32. The molecule has 1 amide bonds. The molecule has 1 fully saturated rings. The molecule has 1 N–H and O–H groups in total. The van der Waals surface area contributed by atoms with E-state index >= 15 is 0 Å². The minimum absolute atomic E-state index is 0.353. The number of benzene rings is 1. The Morgan fingerprint density at radius 3 is 2.31 bits per heavy atom. The van der Waals surface area contributed by atoms with Gasteiger partial charge in [0.25, 0.3) is 5.91 Å². The monoisotopic (exact) mass is 489 g/mol. The molecular weight excluding hydrogens is 470 g/mol. The maximum atomic E-state index is 12.7. The van der Waals surface area contributed by atoms with E-state index in [2.05, 4.69) is 10.3 Å². The number of nitrogens with one attached hydrogen (secondary N) is 1. The summed E-state index contributed by atoms with van der Waals surface area (Å²) < 4.78 is 43.3. The second-order valence-corrected chi connectivity index (χ2v) is 8.26.